The van der Waals surface area contributed by atoms with Crippen molar-refractivity contribution < 1.29 is 23.8 Å². The Labute approximate surface area is 174 Å². The second kappa shape index (κ2) is 9.52. The number of rotatable bonds is 8. The highest BCUT2D eigenvalue weighted by Gasteiger charge is 2.25. The molecule has 6 nitrogen and oxygen atoms in total. The van der Waals surface area contributed by atoms with Crippen LogP contribution in [0.2, 0.25) is 0 Å². The smallest absolute Gasteiger partial charge is 0.290 e. The van der Waals surface area contributed by atoms with Gasteiger partial charge in [0.1, 0.15) is 5.75 Å². The van der Waals surface area contributed by atoms with Crippen LogP contribution in [0.15, 0.2) is 41.3 Å². The predicted molar refractivity (Wildman–Crippen MR) is 114 cm³/mol. The van der Waals surface area contributed by atoms with Gasteiger partial charge in [0.25, 0.3) is 11.1 Å². The Morgan fingerprint density at radius 1 is 1.03 bits per heavy atom. The molecule has 3 rings (SSSR count). The monoisotopic (exact) mass is 413 g/mol. The number of benzene rings is 2. The zero-order valence-electron chi connectivity index (χ0n) is 16.6. The average molecular weight is 413 g/mol. The van der Waals surface area contributed by atoms with Gasteiger partial charge in [-0.15, -0.1) is 0 Å². The molecule has 2 amide bonds. The summed E-state index contributed by atoms with van der Waals surface area (Å²) in [5, 5.41) is 1.87. The van der Waals surface area contributed by atoms with Gasteiger partial charge in [-0.25, -0.2) is 0 Å². The highest BCUT2D eigenvalue weighted by atomic mass is 32.2. The molecule has 1 heterocycles. The molecule has 1 fully saturated rings. The molecule has 1 N–H and O–H groups in total. The van der Waals surface area contributed by atoms with Gasteiger partial charge in [-0.2, -0.15) is 0 Å². The van der Waals surface area contributed by atoms with E-state index in [2.05, 4.69) is 11.4 Å². The van der Waals surface area contributed by atoms with Gasteiger partial charge in [-0.05, 0) is 61.0 Å². The summed E-state index contributed by atoms with van der Waals surface area (Å²) < 4.78 is 17.1. The molecular weight excluding hydrogens is 390 g/mol. The number of aryl methyl sites for hydroxylation is 2. The van der Waals surface area contributed by atoms with E-state index in [1.54, 1.807) is 25.3 Å². The molecule has 0 radical (unpaired) electrons. The quantitative estimate of drug-likeness (QED) is 0.508. The number of methoxy groups -OCH3 is 1. The lowest BCUT2D eigenvalue weighted by Gasteiger charge is -2.14. The van der Waals surface area contributed by atoms with Crippen molar-refractivity contribution >= 4 is 29.0 Å². The third-order valence-corrected chi connectivity index (χ3v) is 4.97. The fourth-order valence-corrected chi connectivity index (χ4v) is 3.64. The standard InChI is InChI=1S/C22H23NO5S/c1-14-10-15(2)12-17(11-14)27-8-5-9-28-20-16(6-4-7-18(20)26-3)13-19-21(24)23-22(25)29-19/h4,6-7,10-13H,5,8-9H2,1-3H3,(H,23,24,25)/b19-13+. The van der Waals surface area contributed by atoms with Gasteiger partial charge in [0.2, 0.25) is 0 Å². The van der Waals surface area contributed by atoms with Gasteiger partial charge in [0.05, 0.1) is 25.2 Å². The molecule has 0 aliphatic carbocycles. The van der Waals surface area contributed by atoms with Crippen molar-refractivity contribution in [2.24, 2.45) is 0 Å². The maximum Gasteiger partial charge on any atom is 0.290 e. The Hall–Kier alpha value is -2.93. The summed E-state index contributed by atoms with van der Waals surface area (Å²) in [6.07, 6.45) is 2.31. The molecule has 2 aromatic carbocycles. The van der Waals surface area contributed by atoms with Crippen LogP contribution in [0, 0.1) is 13.8 Å². The normalized spacial score (nSPS) is 14.8. The lowest BCUT2D eigenvalue weighted by atomic mass is 10.1. The molecule has 29 heavy (non-hydrogen) atoms. The van der Waals surface area contributed by atoms with Crippen LogP contribution in [-0.4, -0.2) is 31.5 Å². The summed E-state index contributed by atoms with van der Waals surface area (Å²) in [7, 11) is 1.56. The Kier molecular flexibility index (Phi) is 6.82. The summed E-state index contributed by atoms with van der Waals surface area (Å²) in [5.74, 6) is 1.53. The molecule has 0 aromatic heterocycles. The summed E-state index contributed by atoms with van der Waals surface area (Å²) >= 11 is 0.868. The number of nitrogens with one attached hydrogen (secondary N) is 1. The lowest BCUT2D eigenvalue weighted by molar-refractivity contribution is -0.115. The summed E-state index contributed by atoms with van der Waals surface area (Å²) in [5.41, 5.74) is 3.00. The molecule has 0 unspecified atom stereocenters. The van der Waals surface area contributed by atoms with E-state index in [1.807, 2.05) is 32.0 Å². The van der Waals surface area contributed by atoms with Crippen LogP contribution in [0.5, 0.6) is 17.2 Å². The highest BCUT2D eigenvalue weighted by Crippen LogP contribution is 2.35. The van der Waals surface area contributed by atoms with E-state index < -0.39 is 5.91 Å². The van der Waals surface area contributed by atoms with Crippen LogP contribution in [0.3, 0.4) is 0 Å². The molecule has 2 aromatic rings. The largest absolute Gasteiger partial charge is 0.493 e. The molecule has 0 bridgehead atoms. The van der Waals surface area contributed by atoms with E-state index in [0.29, 0.717) is 41.6 Å². The highest BCUT2D eigenvalue weighted by molar-refractivity contribution is 8.18. The van der Waals surface area contributed by atoms with Crippen molar-refractivity contribution in [1.29, 1.82) is 0 Å². The minimum absolute atomic E-state index is 0.325. The Morgan fingerprint density at radius 2 is 1.76 bits per heavy atom. The van der Waals surface area contributed by atoms with Crippen molar-refractivity contribution in [2.75, 3.05) is 20.3 Å². The van der Waals surface area contributed by atoms with E-state index in [-0.39, 0.29) is 5.24 Å². The number of carbonyl (C=O) groups excluding carboxylic acids is 2. The number of para-hydroxylation sites is 1. The number of hydrogen-bond donors (Lipinski definition) is 1. The number of amides is 2. The molecule has 0 saturated carbocycles. The fraction of sp³-hybridized carbons (Fsp3) is 0.273. The van der Waals surface area contributed by atoms with Gasteiger partial charge in [0.15, 0.2) is 11.5 Å². The summed E-state index contributed by atoms with van der Waals surface area (Å²) in [4.78, 5) is 23.5. The molecule has 1 aliphatic heterocycles. The Balaban J connectivity index is 1.63. The van der Waals surface area contributed by atoms with Crippen molar-refractivity contribution in [3.05, 3.63) is 58.0 Å². The molecule has 0 spiro atoms. The Morgan fingerprint density at radius 3 is 2.41 bits per heavy atom. The van der Waals surface area contributed by atoms with Crippen molar-refractivity contribution in [3.8, 4) is 17.2 Å². The van der Waals surface area contributed by atoms with Crippen molar-refractivity contribution in [3.63, 3.8) is 0 Å². The van der Waals surface area contributed by atoms with Crippen LogP contribution in [-0.2, 0) is 4.79 Å². The van der Waals surface area contributed by atoms with Crippen LogP contribution < -0.4 is 19.5 Å². The zero-order chi connectivity index (χ0) is 20.8. The molecule has 152 valence electrons. The summed E-state index contributed by atoms with van der Waals surface area (Å²) in [6, 6.07) is 11.5. The maximum absolute atomic E-state index is 11.8. The molecule has 0 atom stereocenters. The van der Waals surface area contributed by atoms with E-state index in [4.69, 9.17) is 14.2 Å². The second-order valence-electron chi connectivity index (χ2n) is 6.60. The van der Waals surface area contributed by atoms with Crippen LogP contribution in [0.1, 0.15) is 23.1 Å². The first-order valence-electron chi connectivity index (χ1n) is 9.22. The maximum atomic E-state index is 11.8. The zero-order valence-corrected chi connectivity index (χ0v) is 17.4. The first-order valence-corrected chi connectivity index (χ1v) is 10.0. The third kappa shape index (κ3) is 5.54. The van der Waals surface area contributed by atoms with E-state index in [1.165, 1.54) is 0 Å². The molecule has 1 aliphatic rings. The molecular formula is C22H23NO5S. The molecule has 1 saturated heterocycles. The van der Waals surface area contributed by atoms with Gasteiger partial charge < -0.3 is 14.2 Å². The van der Waals surface area contributed by atoms with E-state index in [9.17, 15) is 9.59 Å². The van der Waals surface area contributed by atoms with E-state index in [0.717, 1.165) is 28.6 Å². The first-order chi connectivity index (χ1) is 14.0. The van der Waals surface area contributed by atoms with Gasteiger partial charge in [-0.1, -0.05) is 18.2 Å². The minimum Gasteiger partial charge on any atom is -0.493 e. The second-order valence-corrected chi connectivity index (χ2v) is 7.62. The number of thioether (sulfide) groups is 1. The topological polar surface area (TPSA) is 73.9 Å². The van der Waals surface area contributed by atoms with Crippen LogP contribution >= 0.6 is 11.8 Å². The SMILES string of the molecule is COc1cccc(/C=C2/SC(=O)NC2=O)c1OCCCOc1cc(C)cc(C)c1. The van der Waals surface area contributed by atoms with E-state index >= 15 is 0 Å². The van der Waals surface area contributed by atoms with Crippen molar-refractivity contribution in [1.82, 2.24) is 5.32 Å². The predicted octanol–water partition coefficient (Wildman–Crippen LogP) is 4.48. The average Bonchev–Trinajstić information content (AvgIpc) is 2.98. The summed E-state index contributed by atoms with van der Waals surface area (Å²) in [6.45, 7) is 5.01. The van der Waals surface area contributed by atoms with Gasteiger partial charge in [-0.3, -0.25) is 14.9 Å². The van der Waals surface area contributed by atoms with Gasteiger partial charge in [0, 0.05) is 12.0 Å². The fourth-order valence-electron chi connectivity index (χ4n) is 2.96. The number of imide groups is 1. The number of hydrogen-bond acceptors (Lipinski definition) is 6. The van der Waals surface area contributed by atoms with Crippen LogP contribution in [0.4, 0.5) is 4.79 Å². The van der Waals surface area contributed by atoms with Crippen molar-refractivity contribution in [2.45, 2.75) is 20.3 Å². The first kappa shape index (κ1) is 20.8. The lowest BCUT2D eigenvalue weighted by Crippen LogP contribution is -2.17. The van der Waals surface area contributed by atoms with Crippen LogP contribution in [0.25, 0.3) is 6.08 Å². The third-order valence-electron chi connectivity index (χ3n) is 4.16. The Bertz CT molecular complexity index is 934. The number of carbonyl (C=O) groups is 2. The van der Waals surface area contributed by atoms with Gasteiger partial charge >= 0.3 is 0 Å². The molecule has 7 heteroatoms. The minimum atomic E-state index is -0.407. The number of ether oxygens (including phenoxy) is 3.